The molecule has 0 bridgehead atoms. The van der Waals surface area contributed by atoms with E-state index in [1.54, 1.807) is 0 Å². The molecular weight excluding hydrogens is 390 g/mol. The maximum Gasteiger partial charge on any atom is 0.326 e. The Bertz CT molecular complexity index is 929. The Morgan fingerprint density at radius 3 is 2.86 bits per heavy atom. The highest BCUT2D eigenvalue weighted by Crippen LogP contribution is 2.38. The van der Waals surface area contributed by atoms with Gasteiger partial charge in [-0.25, -0.2) is 9.78 Å². The fraction of sp³-hybridized carbons (Fsp3) is 0.429. The summed E-state index contributed by atoms with van der Waals surface area (Å²) in [5, 5.41) is 5.52. The number of hydrogen-bond acceptors (Lipinski definition) is 6. The fourth-order valence-corrected chi connectivity index (χ4v) is 4.87. The molecule has 2 fully saturated rings. The SMILES string of the molecule is C[C@H]1CCCC[C@]12NC(=O)N(CC(=O)OCc1csc(-c3ccccc3)n1)C2=O. The van der Waals surface area contributed by atoms with E-state index in [0.717, 1.165) is 34.7 Å². The Labute approximate surface area is 173 Å². The van der Waals surface area contributed by atoms with Crippen LogP contribution in [-0.2, 0) is 20.9 Å². The molecule has 8 heteroatoms. The monoisotopic (exact) mass is 413 g/mol. The van der Waals surface area contributed by atoms with Gasteiger partial charge in [0.25, 0.3) is 5.91 Å². The molecule has 2 heterocycles. The standard InChI is InChI=1S/C21H23N3O4S/c1-14-7-5-6-10-21(14)19(26)24(20(27)23-21)11-17(25)28-12-16-13-29-18(22-16)15-8-3-2-4-9-15/h2-4,8-9,13-14H,5-7,10-12H2,1H3,(H,23,27)/t14-,21-/m0/s1. The average Bonchev–Trinajstić information content (AvgIpc) is 3.29. The number of nitrogens with zero attached hydrogens (tertiary/aromatic N) is 2. The first-order valence-corrected chi connectivity index (χ1v) is 10.7. The second kappa shape index (κ2) is 7.94. The van der Waals surface area contributed by atoms with E-state index in [9.17, 15) is 14.4 Å². The minimum absolute atomic E-state index is 0.00730. The van der Waals surface area contributed by atoms with Crippen LogP contribution in [0.25, 0.3) is 10.6 Å². The van der Waals surface area contributed by atoms with Crippen molar-refractivity contribution >= 4 is 29.2 Å². The van der Waals surface area contributed by atoms with E-state index in [1.165, 1.54) is 11.3 Å². The number of nitrogens with one attached hydrogen (secondary N) is 1. The van der Waals surface area contributed by atoms with Crippen molar-refractivity contribution in [2.75, 3.05) is 6.54 Å². The van der Waals surface area contributed by atoms with Crippen molar-refractivity contribution in [3.8, 4) is 10.6 Å². The van der Waals surface area contributed by atoms with E-state index in [2.05, 4.69) is 10.3 Å². The zero-order valence-electron chi connectivity index (χ0n) is 16.2. The highest BCUT2D eigenvalue weighted by molar-refractivity contribution is 7.13. The minimum Gasteiger partial charge on any atom is -0.458 e. The molecule has 0 unspecified atom stereocenters. The number of rotatable bonds is 5. The Kier molecular flexibility index (Phi) is 5.36. The van der Waals surface area contributed by atoms with Gasteiger partial charge in [-0.15, -0.1) is 11.3 Å². The van der Waals surface area contributed by atoms with E-state index in [4.69, 9.17) is 4.74 Å². The van der Waals surface area contributed by atoms with E-state index < -0.39 is 17.5 Å². The largest absolute Gasteiger partial charge is 0.458 e. The second-order valence-corrected chi connectivity index (χ2v) is 8.47. The smallest absolute Gasteiger partial charge is 0.326 e. The summed E-state index contributed by atoms with van der Waals surface area (Å²) in [5.41, 5.74) is 0.771. The average molecular weight is 413 g/mol. The molecule has 29 heavy (non-hydrogen) atoms. The van der Waals surface area contributed by atoms with Gasteiger partial charge in [-0.3, -0.25) is 14.5 Å². The molecule has 7 nitrogen and oxygen atoms in total. The minimum atomic E-state index is -0.866. The number of thiazole rings is 1. The number of esters is 1. The maximum absolute atomic E-state index is 12.9. The molecule has 1 aromatic heterocycles. The molecule has 2 aromatic rings. The van der Waals surface area contributed by atoms with E-state index in [1.807, 2.05) is 42.6 Å². The number of imide groups is 1. The molecule has 0 radical (unpaired) electrons. The van der Waals surface area contributed by atoms with Crippen molar-refractivity contribution in [1.82, 2.24) is 15.2 Å². The number of aromatic nitrogens is 1. The van der Waals surface area contributed by atoms with Crippen molar-refractivity contribution < 1.29 is 19.1 Å². The number of hydrogen-bond donors (Lipinski definition) is 1. The Morgan fingerprint density at radius 2 is 2.10 bits per heavy atom. The summed E-state index contributed by atoms with van der Waals surface area (Å²) in [4.78, 5) is 43.0. The van der Waals surface area contributed by atoms with Gasteiger partial charge < -0.3 is 10.1 Å². The quantitative estimate of drug-likeness (QED) is 0.600. The van der Waals surface area contributed by atoms with Crippen LogP contribution in [0.5, 0.6) is 0 Å². The van der Waals surface area contributed by atoms with Crippen LogP contribution >= 0.6 is 11.3 Å². The first-order chi connectivity index (χ1) is 14.0. The van der Waals surface area contributed by atoms with Crippen LogP contribution in [-0.4, -0.2) is 39.9 Å². The fourth-order valence-electron chi connectivity index (χ4n) is 4.05. The number of urea groups is 1. The van der Waals surface area contributed by atoms with E-state index in [-0.39, 0.29) is 25.0 Å². The van der Waals surface area contributed by atoms with Crippen molar-refractivity contribution in [1.29, 1.82) is 0 Å². The van der Waals surface area contributed by atoms with Crippen molar-refractivity contribution in [2.45, 2.75) is 44.8 Å². The molecule has 1 saturated heterocycles. The van der Waals surface area contributed by atoms with Gasteiger partial charge in [-0.05, 0) is 18.8 Å². The summed E-state index contributed by atoms with van der Waals surface area (Å²) in [6.45, 7) is 1.61. The van der Waals surface area contributed by atoms with Crippen LogP contribution in [0.3, 0.4) is 0 Å². The summed E-state index contributed by atoms with van der Waals surface area (Å²) in [7, 11) is 0. The van der Waals surface area contributed by atoms with Crippen LogP contribution in [0.15, 0.2) is 35.7 Å². The van der Waals surface area contributed by atoms with Crippen molar-refractivity contribution in [2.24, 2.45) is 5.92 Å². The molecule has 2 aliphatic rings. The summed E-state index contributed by atoms with van der Waals surface area (Å²) < 4.78 is 5.27. The van der Waals surface area contributed by atoms with Crippen LogP contribution in [0.1, 0.15) is 38.3 Å². The summed E-state index contributed by atoms with van der Waals surface area (Å²) >= 11 is 1.47. The van der Waals surface area contributed by atoms with Gasteiger partial charge in [0.1, 0.15) is 23.7 Å². The normalized spacial score (nSPS) is 24.0. The summed E-state index contributed by atoms with van der Waals surface area (Å²) in [6, 6.07) is 9.24. The number of benzene rings is 1. The zero-order chi connectivity index (χ0) is 20.4. The molecule has 3 amide bonds. The van der Waals surface area contributed by atoms with Gasteiger partial charge in [0, 0.05) is 10.9 Å². The van der Waals surface area contributed by atoms with Crippen LogP contribution in [0.4, 0.5) is 4.79 Å². The highest BCUT2D eigenvalue weighted by atomic mass is 32.1. The molecule has 1 aliphatic heterocycles. The lowest BCUT2D eigenvalue weighted by atomic mass is 9.73. The molecule has 1 spiro atoms. The van der Waals surface area contributed by atoms with Crippen LogP contribution < -0.4 is 5.32 Å². The lowest BCUT2D eigenvalue weighted by Gasteiger charge is -2.36. The topological polar surface area (TPSA) is 88.6 Å². The Balaban J connectivity index is 1.35. The summed E-state index contributed by atoms with van der Waals surface area (Å²) in [6.07, 6.45) is 3.44. The predicted octanol–water partition coefficient (Wildman–Crippen LogP) is 3.35. The van der Waals surface area contributed by atoms with Gasteiger partial charge in [0.2, 0.25) is 0 Å². The molecule has 1 saturated carbocycles. The van der Waals surface area contributed by atoms with Gasteiger partial charge in [0.05, 0.1) is 5.69 Å². The number of amides is 3. The van der Waals surface area contributed by atoms with Crippen LogP contribution in [0.2, 0.25) is 0 Å². The first-order valence-electron chi connectivity index (χ1n) is 9.79. The molecule has 152 valence electrons. The lowest BCUT2D eigenvalue weighted by molar-refractivity contribution is -0.149. The van der Waals surface area contributed by atoms with Crippen molar-refractivity contribution in [3.05, 3.63) is 41.4 Å². The molecule has 2 atom stereocenters. The zero-order valence-corrected chi connectivity index (χ0v) is 17.0. The predicted molar refractivity (Wildman–Crippen MR) is 108 cm³/mol. The van der Waals surface area contributed by atoms with E-state index in [0.29, 0.717) is 12.1 Å². The molecule has 1 aromatic carbocycles. The van der Waals surface area contributed by atoms with Crippen LogP contribution in [0, 0.1) is 5.92 Å². The number of carbonyl (C=O) groups is 3. The van der Waals surface area contributed by atoms with E-state index >= 15 is 0 Å². The number of ether oxygens (including phenoxy) is 1. The maximum atomic E-state index is 12.9. The molecular formula is C21H23N3O4S. The molecule has 1 aliphatic carbocycles. The second-order valence-electron chi connectivity index (χ2n) is 7.61. The lowest BCUT2D eigenvalue weighted by Crippen LogP contribution is -2.54. The van der Waals surface area contributed by atoms with Gasteiger partial charge in [0.15, 0.2) is 0 Å². The number of carbonyl (C=O) groups excluding carboxylic acids is 3. The molecule has 4 rings (SSSR count). The highest BCUT2D eigenvalue weighted by Gasteiger charge is 2.55. The van der Waals surface area contributed by atoms with Crippen molar-refractivity contribution in [3.63, 3.8) is 0 Å². The van der Waals surface area contributed by atoms with Gasteiger partial charge in [-0.2, -0.15) is 0 Å². The third-order valence-electron chi connectivity index (χ3n) is 5.74. The Hall–Kier alpha value is -2.74. The third kappa shape index (κ3) is 3.76. The third-order valence-corrected chi connectivity index (χ3v) is 6.68. The first kappa shape index (κ1) is 19.6. The Morgan fingerprint density at radius 1 is 1.31 bits per heavy atom. The molecule has 1 N–H and O–H groups in total. The summed E-state index contributed by atoms with van der Waals surface area (Å²) in [5.74, 6) is -0.880. The van der Waals surface area contributed by atoms with Gasteiger partial charge >= 0.3 is 12.0 Å². The van der Waals surface area contributed by atoms with Gasteiger partial charge in [-0.1, -0.05) is 50.1 Å².